The fourth-order valence-corrected chi connectivity index (χ4v) is 5.14. The molecule has 0 N–H and O–H groups in total. The van der Waals surface area contributed by atoms with Crippen molar-refractivity contribution in [1.29, 1.82) is 0 Å². The molecule has 0 atom stereocenters. The van der Waals surface area contributed by atoms with Gasteiger partial charge in [-0.05, 0) is 53.8 Å². The number of sulfonamides is 1. The largest absolute Gasteiger partial charge is 0.497 e. The summed E-state index contributed by atoms with van der Waals surface area (Å²) in [6, 6.07) is 13.7. The highest BCUT2D eigenvalue weighted by Crippen LogP contribution is 2.29. The van der Waals surface area contributed by atoms with Crippen LogP contribution in [0.4, 0.5) is 5.69 Å². The van der Waals surface area contributed by atoms with Crippen LogP contribution in [0.3, 0.4) is 0 Å². The molecule has 152 valence electrons. The molecule has 1 fully saturated rings. The molecule has 0 unspecified atom stereocenters. The molecule has 0 amide bonds. The summed E-state index contributed by atoms with van der Waals surface area (Å²) in [5.41, 5.74) is 2.83. The second kappa shape index (κ2) is 7.76. The molecule has 1 aliphatic heterocycles. The normalized spacial score (nSPS) is 16.2. The molecular formula is C22H30N2O3S. The molecule has 6 heteroatoms. The topological polar surface area (TPSA) is 49.9 Å². The van der Waals surface area contributed by atoms with E-state index in [1.54, 1.807) is 11.4 Å². The van der Waals surface area contributed by atoms with Crippen molar-refractivity contribution in [1.82, 2.24) is 4.31 Å². The van der Waals surface area contributed by atoms with Gasteiger partial charge in [0.1, 0.15) is 5.75 Å². The standard InChI is InChI=1S/C22H30N2O3S/c1-17-6-7-18(22(2,3)4)16-21(17)28(25,26)24-14-12-23(13-15-24)19-8-10-20(27-5)11-9-19/h6-11,16H,12-15H2,1-5H3. The quantitative estimate of drug-likeness (QED) is 0.780. The first-order valence-electron chi connectivity index (χ1n) is 9.63. The monoisotopic (exact) mass is 402 g/mol. The maximum absolute atomic E-state index is 13.3. The smallest absolute Gasteiger partial charge is 0.243 e. The zero-order valence-corrected chi connectivity index (χ0v) is 18.2. The number of anilines is 1. The molecule has 0 aromatic heterocycles. The van der Waals surface area contributed by atoms with Crippen molar-refractivity contribution in [2.45, 2.75) is 38.0 Å². The summed E-state index contributed by atoms with van der Waals surface area (Å²) in [5, 5.41) is 0. The van der Waals surface area contributed by atoms with Crippen molar-refractivity contribution in [3.8, 4) is 5.75 Å². The summed E-state index contributed by atoms with van der Waals surface area (Å²) in [6.07, 6.45) is 0. The van der Waals surface area contributed by atoms with Crippen molar-refractivity contribution < 1.29 is 13.2 Å². The SMILES string of the molecule is COc1ccc(N2CCN(S(=O)(=O)c3cc(C(C)(C)C)ccc3C)CC2)cc1. The molecule has 1 heterocycles. The van der Waals surface area contributed by atoms with Gasteiger partial charge in [0, 0.05) is 31.9 Å². The molecule has 2 aromatic rings. The van der Waals surface area contributed by atoms with E-state index in [2.05, 4.69) is 25.7 Å². The Morgan fingerprint density at radius 3 is 2.07 bits per heavy atom. The number of nitrogens with zero attached hydrogens (tertiary/aromatic N) is 2. The highest BCUT2D eigenvalue weighted by atomic mass is 32.2. The van der Waals surface area contributed by atoms with Gasteiger partial charge in [-0.3, -0.25) is 0 Å². The summed E-state index contributed by atoms with van der Waals surface area (Å²) < 4.78 is 33.4. The van der Waals surface area contributed by atoms with E-state index in [-0.39, 0.29) is 5.41 Å². The molecule has 28 heavy (non-hydrogen) atoms. The molecule has 1 aliphatic rings. The van der Waals surface area contributed by atoms with Crippen LogP contribution in [0, 0.1) is 6.92 Å². The molecule has 1 saturated heterocycles. The van der Waals surface area contributed by atoms with Crippen LogP contribution in [0.15, 0.2) is 47.4 Å². The number of piperazine rings is 1. The van der Waals surface area contributed by atoms with Gasteiger partial charge in [0.2, 0.25) is 10.0 Å². The number of hydrogen-bond acceptors (Lipinski definition) is 4. The van der Waals surface area contributed by atoms with Gasteiger partial charge in [-0.1, -0.05) is 32.9 Å². The van der Waals surface area contributed by atoms with Crippen LogP contribution in [0.2, 0.25) is 0 Å². The fraction of sp³-hybridized carbons (Fsp3) is 0.455. The Morgan fingerprint density at radius 1 is 0.929 bits per heavy atom. The molecule has 0 spiro atoms. The number of rotatable bonds is 4. The van der Waals surface area contributed by atoms with Crippen LogP contribution in [-0.4, -0.2) is 46.0 Å². The predicted octanol–water partition coefficient (Wildman–Crippen LogP) is 3.81. The van der Waals surface area contributed by atoms with Crippen LogP contribution in [0.1, 0.15) is 31.9 Å². The highest BCUT2D eigenvalue weighted by Gasteiger charge is 2.30. The van der Waals surface area contributed by atoms with Crippen molar-refractivity contribution in [2.75, 3.05) is 38.2 Å². The van der Waals surface area contributed by atoms with Gasteiger partial charge in [0.05, 0.1) is 12.0 Å². The summed E-state index contributed by atoms with van der Waals surface area (Å²) in [5.74, 6) is 0.819. The van der Waals surface area contributed by atoms with Crippen LogP contribution >= 0.6 is 0 Å². The number of hydrogen-bond donors (Lipinski definition) is 0. The Hall–Kier alpha value is -2.05. The third kappa shape index (κ3) is 4.18. The molecule has 5 nitrogen and oxygen atoms in total. The van der Waals surface area contributed by atoms with Crippen LogP contribution < -0.4 is 9.64 Å². The highest BCUT2D eigenvalue weighted by molar-refractivity contribution is 7.89. The van der Waals surface area contributed by atoms with Crippen LogP contribution in [-0.2, 0) is 15.4 Å². The molecular weight excluding hydrogens is 372 g/mol. The third-order valence-electron chi connectivity index (χ3n) is 5.35. The van der Waals surface area contributed by atoms with E-state index in [1.165, 1.54) is 0 Å². The minimum absolute atomic E-state index is 0.0922. The number of benzene rings is 2. The van der Waals surface area contributed by atoms with E-state index in [0.29, 0.717) is 31.1 Å². The predicted molar refractivity (Wildman–Crippen MR) is 114 cm³/mol. The van der Waals surface area contributed by atoms with Gasteiger partial charge in [-0.2, -0.15) is 4.31 Å². The molecule has 0 aliphatic carbocycles. The summed E-state index contributed by atoms with van der Waals surface area (Å²) in [7, 11) is -1.86. The lowest BCUT2D eigenvalue weighted by molar-refractivity contribution is 0.384. The maximum Gasteiger partial charge on any atom is 0.243 e. The molecule has 3 rings (SSSR count). The lowest BCUT2D eigenvalue weighted by atomic mass is 9.87. The summed E-state index contributed by atoms with van der Waals surface area (Å²) >= 11 is 0. The Kier molecular flexibility index (Phi) is 5.73. The lowest BCUT2D eigenvalue weighted by Crippen LogP contribution is -2.48. The van der Waals surface area contributed by atoms with E-state index >= 15 is 0 Å². The first-order valence-corrected chi connectivity index (χ1v) is 11.1. The van der Waals surface area contributed by atoms with E-state index in [0.717, 1.165) is 22.6 Å². The van der Waals surface area contributed by atoms with Gasteiger partial charge in [-0.25, -0.2) is 8.42 Å². The van der Waals surface area contributed by atoms with Gasteiger partial charge in [-0.15, -0.1) is 0 Å². The maximum atomic E-state index is 13.3. The van der Waals surface area contributed by atoms with Gasteiger partial charge < -0.3 is 9.64 Å². The van der Waals surface area contributed by atoms with E-state index in [9.17, 15) is 8.42 Å². The minimum atomic E-state index is -3.51. The first kappa shape index (κ1) is 20.7. The Morgan fingerprint density at radius 2 is 1.54 bits per heavy atom. The van der Waals surface area contributed by atoms with Crippen molar-refractivity contribution >= 4 is 15.7 Å². The zero-order chi connectivity index (χ0) is 20.5. The second-order valence-electron chi connectivity index (χ2n) is 8.32. The zero-order valence-electron chi connectivity index (χ0n) is 17.4. The van der Waals surface area contributed by atoms with Gasteiger partial charge in [0.15, 0.2) is 0 Å². The first-order chi connectivity index (χ1) is 13.1. The van der Waals surface area contributed by atoms with E-state index < -0.39 is 10.0 Å². The average Bonchev–Trinajstić information content (AvgIpc) is 2.67. The van der Waals surface area contributed by atoms with Gasteiger partial charge in [0.25, 0.3) is 0 Å². The second-order valence-corrected chi connectivity index (χ2v) is 10.2. The molecule has 0 saturated carbocycles. The van der Waals surface area contributed by atoms with Crippen LogP contribution in [0.25, 0.3) is 0 Å². The minimum Gasteiger partial charge on any atom is -0.497 e. The Labute approximate surface area is 169 Å². The third-order valence-corrected chi connectivity index (χ3v) is 7.39. The summed E-state index contributed by atoms with van der Waals surface area (Å²) in [6.45, 7) is 10.5. The number of ether oxygens (including phenoxy) is 1. The van der Waals surface area contributed by atoms with Crippen molar-refractivity contribution in [2.24, 2.45) is 0 Å². The number of methoxy groups -OCH3 is 1. The Bertz CT molecular complexity index is 923. The molecule has 0 radical (unpaired) electrons. The molecule has 2 aromatic carbocycles. The van der Waals surface area contributed by atoms with Crippen LogP contribution in [0.5, 0.6) is 5.75 Å². The fourth-order valence-electron chi connectivity index (χ4n) is 3.46. The van der Waals surface area contributed by atoms with Crippen molar-refractivity contribution in [3.05, 3.63) is 53.6 Å². The number of aryl methyl sites for hydroxylation is 1. The Balaban J connectivity index is 1.78. The van der Waals surface area contributed by atoms with Gasteiger partial charge >= 0.3 is 0 Å². The lowest BCUT2D eigenvalue weighted by Gasteiger charge is -2.35. The summed E-state index contributed by atoms with van der Waals surface area (Å²) in [4.78, 5) is 2.64. The molecule has 0 bridgehead atoms. The average molecular weight is 403 g/mol. The van der Waals surface area contributed by atoms with Crippen molar-refractivity contribution in [3.63, 3.8) is 0 Å². The van der Waals surface area contributed by atoms with E-state index in [1.807, 2.05) is 49.4 Å². The van der Waals surface area contributed by atoms with E-state index in [4.69, 9.17) is 4.74 Å².